The van der Waals surface area contributed by atoms with E-state index in [9.17, 15) is 0 Å². The van der Waals surface area contributed by atoms with E-state index in [1.54, 1.807) is 6.20 Å². The van der Waals surface area contributed by atoms with E-state index in [2.05, 4.69) is 15.3 Å². The normalized spacial score (nSPS) is 10.8. The van der Waals surface area contributed by atoms with Crippen molar-refractivity contribution in [3.05, 3.63) is 53.9 Å². The Balaban J connectivity index is 0.00000242. The maximum absolute atomic E-state index is 5.93. The monoisotopic (exact) mass is 411 g/mol. The van der Waals surface area contributed by atoms with E-state index in [1.807, 2.05) is 62.3 Å². The molecule has 2 rings (SSSR count). The summed E-state index contributed by atoms with van der Waals surface area (Å²) in [4.78, 5) is 10.7. The Morgan fingerprint density at radius 1 is 1.27 bits per heavy atom. The van der Waals surface area contributed by atoms with Crippen molar-refractivity contribution in [1.29, 1.82) is 0 Å². The highest BCUT2D eigenvalue weighted by atomic mass is 127. The second-order valence-electron chi connectivity index (χ2n) is 5.06. The van der Waals surface area contributed by atoms with Gasteiger partial charge in [-0.3, -0.25) is 4.98 Å². The van der Waals surface area contributed by atoms with Gasteiger partial charge in [0.2, 0.25) is 0 Å². The van der Waals surface area contributed by atoms with Crippen LogP contribution in [-0.2, 0) is 6.54 Å². The predicted octanol–water partition coefficient (Wildman–Crippen LogP) is 3.00. The van der Waals surface area contributed by atoms with E-state index in [4.69, 9.17) is 5.73 Å². The van der Waals surface area contributed by atoms with Gasteiger partial charge < -0.3 is 16.0 Å². The lowest BCUT2D eigenvalue weighted by Gasteiger charge is -2.15. The average Bonchev–Trinajstić information content (AvgIpc) is 2.45. The molecule has 1 aromatic heterocycles. The Kier molecular flexibility index (Phi) is 7.10. The first kappa shape index (κ1) is 18.2. The molecular weight excluding hydrogens is 389 g/mol. The van der Waals surface area contributed by atoms with Crippen LogP contribution in [0.4, 0.5) is 11.4 Å². The predicted molar refractivity (Wildman–Crippen MR) is 104 cm³/mol. The summed E-state index contributed by atoms with van der Waals surface area (Å²) in [5, 5.41) is 3.09. The Morgan fingerprint density at radius 3 is 2.73 bits per heavy atom. The van der Waals surface area contributed by atoms with E-state index in [1.165, 1.54) is 5.56 Å². The smallest absolute Gasteiger partial charge is 0.193 e. The minimum atomic E-state index is 0. The van der Waals surface area contributed by atoms with Crippen LogP contribution in [0.5, 0.6) is 0 Å². The number of nitrogens with zero attached hydrogens (tertiary/aromatic N) is 3. The van der Waals surface area contributed by atoms with Gasteiger partial charge in [-0.2, -0.15) is 0 Å². The van der Waals surface area contributed by atoms with Gasteiger partial charge in [-0.05, 0) is 36.8 Å². The van der Waals surface area contributed by atoms with Crippen molar-refractivity contribution in [1.82, 2.24) is 4.98 Å². The van der Waals surface area contributed by atoms with Gasteiger partial charge in [-0.1, -0.05) is 12.1 Å². The topological polar surface area (TPSA) is 66.5 Å². The highest BCUT2D eigenvalue weighted by Gasteiger charge is 2.04. The van der Waals surface area contributed by atoms with E-state index in [0.29, 0.717) is 12.5 Å². The molecule has 0 saturated heterocycles. The fourth-order valence-electron chi connectivity index (χ4n) is 2.03. The van der Waals surface area contributed by atoms with Gasteiger partial charge in [-0.25, -0.2) is 4.99 Å². The van der Waals surface area contributed by atoms with Crippen LogP contribution in [0, 0.1) is 6.92 Å². The first-order valence-corrected chi connectivity index (χ1v) is 6.81. The molecule has 0 unspecified atom stereocenters. The number of pyridine rings is 1. The average molecular weight is 411 g/mol. The summed E-state index contributed by atoms with van der Waals surface area (Å²) < 4.78 is 0. The molecule has 6 heteroatoms. The Hall–Kier alpha value is -1.83. The van der Waals surface area contributed by atoms with Crippen LogP contribution in [0.1, 0.15) is 11.3 Å². The lowest BCUT2D eigenvalue weighted by atomic mass is 10.2. The molecule has 1 heterocycles. The molecule has 0 radical (unpaired) electrons. The van der Waals surface area contributed by atoms with Crippen LogP contribution < -0.4 is 16.0 Å². The summed E-state index contributed by atoms with van der Waals surface area (Å²) in [5.41, 5.74) is 9.98. The molecule has 118 valence electrons. The second-order valence-corrected chi connectivity index (χ2v) is 5.06. The van der Waals surface area contributed by atoms with E-state index >= 15 is 0 Å². The molecule has 2 aromatic rings. The van der Waals surface area contributed by atoms with Crippen molar-refractivity contribution >= 4 is 41.3 Å². The van der Waals surface area contributed by atoms with Crippen LogP contribution in [0.25, 0.3) is 0 Å². The number of aryl methyl sites for hydroxylation is 1. The standard InChI is InChI=1S/C16H21N5.HI/c1-12-6-4-7-13(10-12)20-16(17)19-11-14-15(21(2)3)8-5-9-18-14;/h4-10H,11H2,1-3H3,(H3,17,19,20);1H. The largest absolute Gasteiger partial charge is 0.376 e. The summed E-state index contributed by atoms with van der Waals surface area (Å²) in [6, 6.07) is 11.9. The molecule has 3 N–H and O–H groups in total. The SMILES string of the molecule is Cc1cccc(NC(N)=NCc2ncccc2N(C)C)c1.I. The van der Waals surface area contributed by atoms with Crippen molar-refractivity contribution < 1.29 is 0 Å². The van der Waals surface area contributed by atoms with Gasteiger partial charge in [0.1, 0.15) is 0 Å². The summed E-state index contributed by atoms with van der Waals surface area (Å²) >= 11 is 0. The third-order valence-corrected chi connectivity index (χ3v) is 3.04. The number of rotatable bonds is 4. The van der Waals surface area contributed by atoms with Crippen molar-refractivity contribution in [2.24, 2.45) is 10.7 Å². The summed E-state index contributed by atoms with van der Waals surface area (Å²) in [5.74, 6) is 0.385. The fraction of sp³-hybridized carbons (Fsp3) is 0.250. The number of aliphatic imine (C=N–C) groups is 1. The number of guanidine groups is 1. The highest BCUT2D eigenvalue weighted by Crippen LogP contribution is 2.16. The third-order valence-electron chi connectivity index (χ3n) is 3.04. The molecule has 5 nitrogen and oxygen atoms in total. The van der Waals surface area contributed by atoms with Gasteiger partial charge in [-0.15, -0.1) is 24.0 Å². The minimum Gasteiger partial charge on any atom is -0.376 e. The molecule has 1 aromatic carbocycles. The van der Waals surface area contributed by atoms with Gasteiger partial charge in [0.25, 0.3) is 0 Å². The number of halogens is 1. The van der Waals surface area contributed by atoms with Crippen molar-refractivity contribution in [3.63, 3.8) is 0 Å². The van der Waals surface area contributed by atoms with Gasteiger partial charge in [0, 0.05) is 26.0 Å². The summed E-state index contributed by atoms with van der Waals surface area (Å²) in [6.07, 6.45) is 1.77. The molecule has 0 bridgehead atoms. The Labute approximate surface area is 148 Å². The van der Waals surface area contributed by atoms with Crippen LogP contribution in [0.15, 0.2) is 47.6 Å². The van der Waals surface area contributed by atoms with Gasteiger partial charge in [0.05, 0.1) is 17.9 Å². The Bertz CT molecular complexity index is 640. The first-order valence-electron chi connectivity index (χ1n) is 6.81. The fourth-order valence-corrected chi connectivity index (χ4v) is 2.03. The van der Waals surface area contributed by atoms with Crippen LogP contribution in [0.2, 0.25) is 0 Å². The van der Waals surface area contributed by atoms with E-state index in [0.717, 1.165) is 17.1 Å². The third kappa shape index (κ3) is 5.18. The molecule has 0 atom stereocenters. The molecule has 0 aliphatic heterocycles. The molecule has 0 aliphatic rings. The maximum Gasteiger partial charge on any atom is 0.193 e. The highest BCUT2D eigenvalue weighted by molar-refractivity contribution is 14.0. The molecule has 0 spiro atoms. The molecular formula is C16H22IN5. The van der Waals surface area contributed by atoms with E-state index < -0.39 is 0 Å². The number of nitrogens with one attached hydrogen (secondary N) is 1. The number of hydrogen-bond acceptors (Lipinski definition) is 3. The number of aromatic nitrogens is 1. The quantitative estimate of drug-likeness (QED) is 0.461. The van der Waals surface area contributed by atoms with Gasteiger partial charge >= 0.3 is 0 Å². The lowest BCUT2D eigenvalue weighted by Crippen LogP contribution is -2.23. The van der Waals surface area contributed by atoms with Crippen LogP contribution in [0.3, 0.4) is 0 Å². The zero-order valence-electron chi connectivity index (χ0n) is 13.1. The Morgan fingerprint density at radius 2 is 2.05 bits per heavy atom. The second kappa shape index (κ2) is 8.57. The van der Waals surface area contributed by atoms with Crippen LogP contribution in [-0.4, -0.2) is 25.0 Å². The zero-order valence-corrected chi connectivity index (χ0v) is 15.4. The summed E-state index contributed by atoms with van der Waals surface area (Å²) in [6.45, 7) is 2.48. The maximum atomic E-state index is 5.93. The van der Waals surface area contributed by atoms with Gasteiger partial charge in [0.15, 0.2) is 5.96 Å². The molecule has 22 heavy (non-hydrogen) atoms. The number of nitrogens with two attached hydrogens (primary N) is 1. The molecule has 0 aliphatic carbocycles. The van der Waals surface area contributed by atoms with Crippen LogP contribution >= 0.6 is 24.0 Å². The number of hydrogen-bond donors (Lipinski definition) is 2. The number of anilines is 2. The number of benzene rings is 1. The minimum absolute atomic E-state index is 0. The van der Waals surface area contributed by atoms with Crippen molar-refractivity contribution in [3.8, 4) is 0 Å². The summed E-state index contributed by atoms with van der Waals surface area (Å²) in [7, 11) is 3.97. The lowest BCUT2D eigenvalue weighted by molar-refractivity contribution is 0.958. The molecule has 0 fully saturated rings. The van der Waals surface area contributed by atoms with Crippen molar-refractivity contribution in [2.75, 3.05) is 24.3 Å². The first-order chi connectivity index (χ1) is 10.1. The van der Waals surface area contributed by atoms with E-state index in [-0.39, 0.29) is 24.0 Å². The van der Waals surface area contributed by atoms with Crippen molar-refractivity contribution in [2.45, 2.75) is 13.5 Å². The molecule has 0 amide bonds. The zero-order chi connectivity index (χ0) is 15.2. The molecule has 0 saturated carbocycles.